The van der Waals surface area contributed by atoms with Crippen molar-refractivity contribution < 1.29 is 9.53 Å². The lowest BCUT2D eigenvalue weighted by Gasteiger charge is -2.40. The lowest BCUT2D eigenvalue weighted by atomic mass is 10.2. The van der Waals surface area contributed by atoms with Gasteiger partial charge in [-0.25, -0.2) is 4.98 Å². The summed E-state index contributed by atoms with van der Waals surface area (Å²) in [6, 6.07) is 0. The van der Waals surface area contributed by atoms with Gasteiger partial charge in [0.05, 0.1) is 18.9 Å². The van der Waals surface area contributed by atoms with Crippen LogP contribution in [-0.4, -0.2) is 59.8 Å². The number of aromatic nitrogens is 4. The number of imidazole rings is 1. The first-order valence-corrected chi connectivity index (χ1v) is 14.8. The number of nitrogens with one attached hydrogen (secondary N) is 2. The van der Waals surface area contributed by atoms with E-state index in [1.807, 2.05) is 4.57 Å². The highest BCUT2D eigenvalue weighted by Gasteiger charge is 2.39. The number of rotatable bonds is 5. The number of hydrogen-bond donors (Lipinski definition) is 2. The summed E-state index contributed by atoms with van der Waals surface area (Å²) in [6.45, 7) is 11.6. The summed E-state index contributed by atoms with van der Waals surface area (Å²) in [5, 5.41) is 3.95. The van der Waals surface area contributed by atoms with Gasteiger partial charge in [0, 0.05) is 29.5 Å². The molecule has 4 heterocycles. The van der Waals surface area contributed by atoms with E-state index in [9.17, 15) is 9.59 Å². The highest BCUT2D eigenvalue weighted by Crippen LogP contribution is 2.73. The number of carbonyl (C=O) groups is 1. The molecule has 0 spiro atoms. The molecule has 2 aromatic heterocycles. The van der Waals surface area contributed by atoms with Crippen LogP contribution in [0.5, 0.6) is 0 Å². The maximum Gasteiger partial charge on any atom is 0.280 e. The van der Waals surface area contributed by atoms with Crippen LogP contribution in [0.4, 0.5) is 5.95 Å². The van der Waals surface area contributed by atoms with Gasteiger partial charge in [-0.3, -0.25) is 29.1 Å². The molecule has 2 unspecified atom stereocenters. The van der Waals surface area contributed by atoms with E-state index in [0.29, 0.717) is 16.1 Å². The molecule has 4 atom stereocenters. The predicted octanol–water partition coefficient (Wildman–Crippen LogP) is 3.81. The van der Waals surface area contributed by atoms with Gasteiger partial charge in [-0.15, -0.1) is 22.8 Å². The number of amides is 1. The van der Waals surface area contributed by atoms with E-state index in [1.165, 1.54) is 0 Å². The molecule has 0 radical (unpaired) electrons. The zero-order valence-electron chi connectivity index (χ0n) is 18.4. The number of ether oxygens (including phenoxy) is 1. The van der Waals surface area contributed by atoms with Crippen LogP contribution in [0, 0.1) is 5.92 Å². The molecule has 2 fully saturated rings. The molecule has 0 aromatic carbocycles. The molecular weight excluding hydrogens is 455 g/mol. The first-order valence-electron chi connectivity index (χ1n) is 10.6. The second kappa shape index (κ2) is 9.39. The lowest BCUT2D eigenvalue weighted by Crippen LogP contribution is -2.42. The Morgan fingerprint density at radius 1 is 1.35 bits per heavy atom. The molecule has 0 bridgehead atoms. The van der Waals surface area contributed by atoms with Crippen molar-refractivity contribution in [2.24, 2.45) is 5.92 Å². The third-order valence-corrected chi connectivity index (χ3v) is 14.3. The van der Waals surface area contributed by atoms with Crippen LogP contribution in [-0.2, 0) is 9.53 Å². The molecule has 0 saturated carbocycles. The average Bonchev–Trinajstić information content (AvgIpc) is 3.31. The number of aromatic amines is 1. The van der Waals surface area contributed by atoms with Crippen LogP contribution < -0.4 is 10.9 Å². The summed E-state index contributed by atoms with van der Waals surface area (Å²) in [4.78, 5) is 36.0. The van der Waals surface area contributed by atoms with Gasteiger partial charge in [-0.05, 0) is 6.42 Å². The maximum absolute atomic E-state index is 12.5. The molecule has 4 rings (SSSR count). The van der Waals surface area contributed by atoms with Gasteiger partial charge in [-0.2, -0.15) is 4.98 Å². The molecule has 2 N–H and O–H groups in total. The van der Waals surface area contributed by atoms with E-state index in [1.54, 1.807) is 20.2 Å². The Kier molecular flexibility index (Phi) is 6.98. The van der Waals surface area contributed by atoms with Crippen molar-refractivity contribution in [2.75, 3.05) is 18.4 Å². The molecule has 2 aliphatic heterocycles. The standard InChI is InChI=1S/C19H29N6O3PS2/c1-6-13-7-24(29-30-11(4)12(5)31-29)8-14(28-13)25-9-20-15-16(25)21-19(23-18(15)27)22-17(26)10(2)3/h9-14H,6-8H2,1-5H3,(H2,21,22,23,26,27)/t11?,12?,13-,14-,29?/m1/s1. The average molecular weight is 485 g/mol. The van der Waals surface area contributed by atoms with Crippen LogP contribution in [0.3, 0.4) is 0 Å². The van der Waals surface area contributed by atoms with Gasteiger partial charge in [0.2, 0.25) is 11.9 Å². The number of nitrogens with zero attached hydrogens (tertiary/aromatic N) is 4. The van der Waals surface area contributed by atoms with Crippen molar-refractivity contribution in [3.63, 3.8) is 0 Å². The molecule has 31 heavy (non-hydrogen) atoms. The van der Waals surface area contributed by atoms with Gasteiger partial charge in [0.25, 0.3) is 5.56 Å². The zero-order valence-corrected chi connectivity index (χ0v) is 20.9. The van der Waals surface area contributed by atoms with Gasteiger partial charge in [-0.1, -0.05) is 34.6 Å². The summed E-state index contributed by atoms with van der Waals surface area (Å²) in [5.74, 6) is -0.299. The fourth-order valence-electron chi connectivity index (χ4n) is 3.38. The van der Waals surface area contributed by atoms with Gasteiger partial charge < -0.3 is 4.74 Å². The minimum atomic E-state index is -0.378. The first-order chi connectivity index (χ1) is 14.8. The summed E-state index contributed by atoms with van der Waals surface area (Å²) in [5.41, 5.74) is 0.288. The van der Waals surface area contributed by atoms with Crippen LogP contribution in [0.2, 0.25) is 0 Å². The summed E-state index contributed by atoms with van der Waals surface area (Å²) < 4.78 is 10.7. The first kappa shape index (κ1) is 23.0. The van der Waals surface area contributed by atoms with Crippen molar-refractivity contribution in [1.82, 2.24) is 24.2 Å². The van der Waals surface area contributed by atoms with Crippen molar-refractivity contribution in [1.29, 1.82) is 0 Å². The molecule has 0 aliphatic carbocycles. The third kappa shape index (κ3) is 4.80. The van der Waals surface area contributed by atoms with E-state index in [-0.39, 0.29) is 47.7 Å². The second-order valence-corrected chi connectivity index (χ2v) is 15.2. The molecule has 2 aromatic rings. The molecular formula is C19H29N6O3PS2. The Morgan fingerprint density at radius 3 is 2.71 bits per heavy atom. The minimum Gasteiger partial charge on any atom is -0.352 e. The highest BCUT2D eigenvalue weighted by atomic mass is 33.1. The number of carbonyl (C=O) groups excluding carboxylic acids is 1. The summed E-state index contributed by atoms with van der Waals surface area (Å²) in [6.07, 6.45) is 2.34. The number of morpholine rings is 1. The normalized spacial score (nSPS) is 29.7. The fourth-order valence-corrected chi connectivity index (χ4v) is 13.5. The van der Waals surface area contributed by atoms with Crippen LogP contribution >= 0.6 is 29.2 Å². The van der Waals surface area contributed by atoms with E-state index in [0.717, 1.165) is 19.5 Å². The van der Waals surface area contributed by atoms with Crippen molar-refractivity contribution in [3.8, 4) is 0 Å². The lowest BCUT2D eigenvalue weighted by molar-refractivity contribution is -0.118. The van der Waals surface area contributed by atoms with E-state index in [4.69, 9.17) is 4.74 Å². The molecule has 12 heteroatoms. The Balaban J connectivity index is 1.64. The molecule has 9 nitrogen and oxygen atoms in total. The Bertz CT molecular complexity index is 1000. The van der Waals surface area contributed by atoms with Gasteiger partial charge in [0.1, 0.15) is 6.23 Å². The smallest absolute Gasteiger partial charge is 0.280 e. The molecule has 2 saturated heterocycles. The zero-order chi connectivity index (χ0) is 22.3. The van der Waals surface area contributed by atoms with Gasteiger partial charge >= 0.3 is 0 Å². The number of anilines is 1. The fraction of sp³-hybridized carbons (Fsp3) is 0.684. The van der Waals surface area contributed by atoms with E-state index >= 15 is 0 Å². The van der Waals surface area contributed by atoms with Crippen molar-refractivity contribution in [2.45, 2.75) is 63.9 Å². The molecule has 170 valence electrons. The Labute approximate surface area is 190 Å². The maximum atomic E-state index is 12.5. The summed E-state index contributed by atoms with van der Waals surface area (Å²) in [7, 11) is 0. The molecule has 2 aliphatic rings. The Hall–Kier alpha value is -1.13. The SMILES string of the molecule is CC[C@@H]1CN(P2SC(C)C(C)S2)C[C@H](n2cnc3c(=O)[nH]c(NC(=O)C(C)C)nc32)O1. The molecule has 1 amide bonds. The largest absolute Gasteiger partial charge is 0.352 e. The number of H-pyrrole nitrogens is 1. The van der Waals surface area contributed by atoms with Crippen LogP contribution in [0.1, 0.15) is 47.3 Å². The topological polar surface area (TPSA) is 105 Å². The van der Waals surface area contributed by atoms with E-state index < -0.39 is 0 Å². The third-order valence-electron chi connectivity index (χ3n) is 5.50. The number of hydrogen-bond acceptors (Lipinski definition) is 8. The quantitative estimate of drug-likeness (QED) is 0.618. The van der Waals surface area contributed by atoms with E-state index in [2.05, 4.69) is 68.5 Å². The van der Waals surface area contributed by atoms with Gasteiger partial charge in [0.15, 0.2) is 11.2 Å². The predicted molar refractivity (Wildman–Crippen MR) is 128 cm³/mol. The summed E-state index contributed by atoms with van der Waals surface area (Å²) >= 11 is 4.13. The second-order valence-electron chi connectivity index (χ2n) is 8.23. The van der Waals surface area contributed by atoms with Crippen molar-refractivity contribution >= 4 is 52.3 Å². The van der Waals surface area contributed by atoms with Crippen LogP contribution in [0.15, 0.2) is 11.1 Å². The Morgan fingerprint density at radius 2 is 2.06 bits per heavy atom. The monoisotopic (exact) mass is 484 g/mol. The number of fused-ring (bicyclic) bond motifs is 1. The van der Waals surface area contributed by atoms with Crippen molar-refractivity contribution in [3.05, 3.63) is 16.7 Å². The van der Waals surface area contributed by atoms with Crippen LogP contribution in [0.25, 0.3) is 11.2 Å². The minimum absolute atomic E-state index is 0.105. The highest BCUT2D eigenvalue weighted by molar-refractivity contribution is 8.89.